The molecule has 4 heavy (non-hydrogen) atoms. The minimum Gasteiger partial charge on any atom is -1.00 e. The van der Waals surface area contributed by atoms with Crippen LogP contribution in [0.3, 0.4) is 0 Å². The first-order valence-corrected chi connectivity index (χ1v) is 0. The van der Waals surface area contributed by atoms with Crippen molar-refractivity contribution in [1.82, 2.24) is 0 Å². The predicted octanol–water partition coefficient (Wildman–Crippen LogP) is -8.99. The molecule has 0 saturated carbocycles. The standard InChI is InChI=1S/Es.3FH/h;3*1H/p-3. The average molecular weight is 309 g/mol. The van der Waals surface area contributed by atoms with Crippen molar-refractivity contribution in [2.45, 2.75) is 0 Å². The van der Waals surface area contributed by atoms with E-state index in [1.807, 2.05) is 0 Å². The third-order valence-electron chi connectivity index (χ3n) is 0. The van der Waals surface area contributed by atoms with E-state index >= 15 is 0 Å². The van der Waals surface area contributed by atoms with Gasteiger partial charge in [-0.05, 0) is 0 Å². The number of halogens is 3. The van der Waals surface area contributed by atoms with E-state index in [0.717, 1.165) is 0 Å². The van der Waals surface area contributed by atoms with E-state index in [2.05, 4.69) is 0 Å². The van der Waals surface area contributed by atoms with Crippen molar-refractivity contribution in [2.24, 2.45) is 0 Å². The van der Waals surface area contributed by atoms with Crippen LogP contribution in [0.2, 0.25) is 0 Å². The van der Waals surface area contributed by atoms with Gasteiger partial charge in [-0.1, -0.05) is 0 Å². The summed E-state index contributed by atoms with van der Waals surface area (Å²) in [4.78, 5) is 0. The molecule has 0 unspecified atom stereocenters. The Kier molecular flexibility index (Phi) is 1.16. The minimum absolute atomic E-state index is 0. The van der Waals surface area contributed by atoms with Crippen LogP contribution < -0.4 is 14.1 Å². The second kappa shape index (κ2) is 0.763. The van der Waals surface area contributed by atoms with Crippen LogP contribution in [-0.2, 0) is 0 Å². The largest absolute Gasteiger partial charge is 1.00 e. The molecule has 0 heterocycles. The summed E-state index contributed by atoms with van der Waals surface area (Å²) in [5.41, 5.74) is 0. The number of hydrogen-bond donors (Lipinski definition) is 0. The summed E-state index contributed by atoms with van der Waals surface area (Å²) in [6.07, 6.45) is 0. The third-order valence-corrected chi connectivity index (χ3v) is 0. The Labute approximate surface area is 15.6 Å². The van der Waals surface area contributed by atoms with Crippen molar-refractivity contribution in [3.05, 3.63) is 0 Å². The number of hydrogen-bond acceptors (Lipinski definition) is 0. The molecule has 0 saturated heterocycles. The van der Waals surface area contributed by atoms with Crippen LogP contribution in [0, 0.1) is 0 Å². The van der Waals surface area contributed by atoms with E-state index in [1.54, 1.807) is 0 Å². The molecule has 0 bridgehead atoms. The molecule has 0 atom stereocenters. The maximum atomic E-state index is 0. The van der Waals surface area contributed by atoms with Gasteiger partial charge >= 0.3 is 0 Å². The summed E-state index contributed by atoms with van der Waals surface area (Å²) >= 11 is 0. The fraction of sp³-hybridized carbons (Fsp3) is 0. The van der Waals surface area contributed by atoms with Crippen LogP contribution in [0.5, 0.6) is 0 Å². The van der Waals surface area contributed by atoms with Crippen molar-refractivity contribution in [1.29, 1.82) is 0 Å². The fourth-order valence-electron chi connectivity index (χ4n) is 0. The van der Waals surface area contributed by atoms with E-state index in [4.69, 9.17) is 0 Å². The first-order valence-electron chi connectivity index (χ1n) is 0. The quantitative estimate of drug-likeness (QED) is 0.417. The van der Waals surface area contributed by atoms with Crippen LogP contribution in [-0.4, -0.2) is 0 Å². The Morgan fingerprint density at radius 3 is 0.500 bits per heavy atom. The molecule has 0 aromatic heterocycles. The zero-order chi connectivity index (χ0) is 0. The minimum atomic E-state index is 0. The molecule has 0 aliphatic heterocycles. The van der Waals surface area contributed by atoms with Gasteiger partial charge < -0.3 is 14.1 Å². The fourth-order valence-corrected chi connectivity index (χ4v) is 0. The van der Waals surface area contributed by atoms with Crippen molar-refractivity contribution in [3.8, 4) is 0 Å². The van der Waals surface area contributed by atoms with Gasteiger partial charge in [-0.25, -0.2) is 0 Å². The van der Waals surface area contributed by atoms with Crippen molar-refractivity contribution >= 4 is 0 Å². The molecular weight excluding hydrogens is 309 g/mol. The summed E-state index contributed by atoms with van der Waals surface area (Å²) in [7, 11) is 0. The zero-order valence-electron chi connectivity index (χ0n) is 1.44. The van der Waals surface area contributed by atoms with E-state index in [1.165, 1.54) is 0 Å². The Balaban J connectivity index is 0. The normalized spacial score (nSPS) is 0. The van der Waals surface area contributed by atoms with Crippen LogP contribution in [0.4, 0.5) is 0 Å². The van der Waals surface area contributed by atoms with Gasteiger partial charge in [0.25, 0.3) is 0 Å². The SMILES string of the molecule is [Es].[F-].[F-].[F-]. The van der Waals surface area contributed by atoms with Gasteiger partial charge in [-0.3, -0.25) is 0 Å². The summed E-state index contributed by atoms with van der Waals surface area (Å²) in [6.45, 7) is 0. The molecule has 0 amide bonds. The summed E-state index contributed by atoms with van der Waals surface area (Å²) in [5, 5.41) is 0. The van der Waals surface area contributed by atoms with E-state index in [9.17, 15) is 0 Å². The number of rotatable bonds is 0. The van der Waals surface area contributed by atoms with Gasteiger partial charge in [-0.15, -0.1) is 0 Å². The molecule has 0 N–H and O–H groups in total. The third kappa shape index (κ3) is 0.0238. The molecular formula is EsF3-3. The monoisotopic (exact) mass is 309 g/mol. The Morgan fingerprint density at radius 2 is 0.500 bits per heavy atom. The Morgan fingerprint density at radius 1 is 0.500 bits per heavy atom. The molecule has 0 spiro atoms. The summed E-state index contributed by atoms with van der Waals surface area (Å²) in [6, 6.07) is 0. The van der Waals surface area contributed by atoms with Gasteiger partial charge in [0, 0.05) is 0 Å². The van der Waals surface area contributed by atoms with Gasteiger partial charge in [-0.2, -0.15) is 0 Å². The molecule has 1 radical (unpaired) electrons. The van der Waals surface area contributed by atoms with Crippen LogP contribution in [0.25, 0.3) is 0 Å². The molecule has 0 nitrogen and oxygen atoms in total. The Hall–Kier alpha value is -1.21. The topological polar surface area (TPSA) is 0 Å². The maximum absolute atomic E-state index is 0. The second-order valence-electron chi connectivity index (χ2n) is 0. The van der Waals surface area contributed by atoms with Crippen LogP contribution in [0.15, 0.2) is 0 Å². The molecule has 35 valence electrons. The van der Waals surface area contributed by atoms with E-state index in [-0.39, 0.29) is 14.1 Å². The maximum Gasteiger partial charge on any atom is 0 e. The first kappa shape index (κ1) is 6.11. The van der Waals surface area contributed by atoms with E-state index < -0.39 is 0 Å². The van der Waals surface area contributed by atoms with Crippen LogP contribution >= 0.6 is 0 Å². The zero-order valence-corrected chi connectivity index (χ0v) is 3.95. The average Bonchev–Trinajstić information content (AvgIpc) is 0. The molecule has 0 fully saturated rings. The molecule has 0 aromatic carbocycles. The second-order valence-corrected chi connectivity index (χ2v) is 0. The smallest absolute Gasteiger partial charge is 0 e. The molecule has 0 aliphatic rings. The molecule has 0 aliphatic carbocycles. The van der Waals surface area contributed by atoms with Gasteiger partial charge in [0.2, 0.25) is 0 Å². The van der Waals surface area contributed by atoms with Crippen molar-refractivity contribution in [2.75, 3.05) is 0 Å². The summed E-state index contributed by atoms with van der Waals surface area (Å²) in [5.74, 6) is 0. The Bertz CT molecular complexity index is 3.25. The van der Waals surface area contributed by atoms with Gasteiger partial charge in [0.1, 0.15) is 0 Å². The molecule has 0 aromatic rings. The first-order chi connectivity index (χ1) is 0. The van der Waals surface area contributed by atoms with Crippen LogP contribution in [0.1, 0.15) is 0 Å². The molecule has 4 heteroatoms. The van der Waals surface area contributed by atoms with Crippen molar-refractivity contribution in [3.63, 3.8) is 0 Å². The molecule has 0 rings (SSSR count). The van der Waals surface area contributed by atoms with Gasteiger partial charge in [0.15, 0.2) is 0 Å². The van der Waals surface area contributed by atoms with Crippen molar-refractivity contribution < 1.29 is 14.1 Å². The predicted molar refractivity (Wildman–Crippen MR) is 0 cm³/mol. The van der Waals surface area contributed by atoms with E-state index in [0.29, 0.717) is 0 Å². The summed E-state index contributed by atoms with van der Waals surface area (Å²) < 4.78 is 0. The van der Waals surface area contributed by atoms with Gasteiger partial charge in [0.05, 0.1) is 0 Å².